The van der Waals surface area contributed by atoms with Gasteiger partial charge < -0.3 is 20.3 Å². The number of para-hydroxylation sites is 1. The Morgan fingerprint density at radius 2 is 1.68 bits per heavy atom. The van der Waals surface area contributed by atoms with Crippen molar-refractivity contribution in [1.82, 2.24) is 20.4 Å². The molecule has 0 amide bonds. The zero-order chi connectivity index (χ0) is 21.9. The van der Waals surface area contributed by atoms with E-state index in [2.05, 4.69) is 69.4 Å². The minimum absolute atomic E-state index is 0.495. The van der Waals surface area contributed by atoms with E-state index in [-0.39, 0.29) is 0 Å². The molecule has 6 nitrogen and oxygen atoms in total. The Bertz CT molecular complexity index is 841. The van der Waals surface area contributed by atoms with Crippen molar-refractivity contribution in [3.63, 3.8) is 0 Å². The molecule has 0 bridgehead atoms. The maximum atomic E-state index is 5.73. The number of piperazine rings is 1. The van der Waals surface area contributed by atoms with Gasteiger partial charge in [-0.3, -0.25) is 9.89 Å². The third-order valence-electron chi connectivity index (χ3n) is 5.48. The second-order valence-electron chi connectivity index (χ2n) is 7.88. The molecule has 1 saturated heterocycles. The molecule has 0 saturated carbocycles. The topological polar surface area (TPSA) is 52.1 Å². The summed E-state index contributed by atoms with van der Waals surface area (Å²) in [5, 5.41) is 6.75. The zero-order valence-electron chi connectivity index (χ0n) is 18.8. The fraction of sp³-hybridized carbons (Fsp3) is 0.400. The molecule has 6 heteroatoms. The van der Waals surface area contributed by atoms with Crippen LogP contribution in [0, 0.1) is 0 Å². The van der Waals surface area contributed by atoms with Crippen LogP contribution >= 0.6 is 0 Å². The van der Waals surface area contributed by atoms with E-state index in [0.29, 0.717) is 13.2 Å². The normalized spacial score (nSPS) is 15.5. The van der Waals surface area contributed by atoms with E-state index >= 15 is 0 Å². The molecule has 2 N–H and O–H groups in total. The van der Waals surface area contributed by atoms with Gasteiger partial charge in [0.15, 0.2) is 5.96 Å². The van der Waals surface area contributed by atoms with Crippen molar-refractivity contribution in [2.45, 2.75) is 19.6 Å². The third-order valence-corrected chi connectivity index (χ3v) is 5.48. The Kier molecular flexibility index (Phi) is 8.94. The van der Waals surface area contributed by atoms with E-state index in [1.54, 1.807) is 13.1 Å². The SMILES string of the molecule is C=CCOc1ccccc1CNC(=NC)NCc1ccc(CN2CCN(C)CC2)cc1. The summed E-state index contributed by atoms with van der Waals surface area (Å²) in [5.41, 5.74) is 3.69. The van der Waals surface area contributed by atoms with Gasteiger partial charge in [-0.05, 0) is 24.2 Å². The lowest BCUT2D eigenvalue weighted by molar-refractivity contribution is 0.148. The van der Waals surface area contributed by atoms with Crippen molar-refractivity contribution >= 4 is 5.96 Å². The summed E-state index contributed by atoms with van der Waals surface area (Å²) in [4.78, 5) is 9.25. The van der Waals surface area contributed by atoms with Crippen LogP contribution in [-0.2, 0) is 19.6 Å². The maximum Gasteiger partial charge on any atom is 0.191 e. The number of rotatable bonds is 9. The van der Waals surface area contributed by atoms with E-state index in [0.717, 1.165) is 56.5 Å². The molecular formula is C25H35N5O. The van der Waals surface area contributed by atoms with Crippen molar-refractivity contribution in [2.75, 3.05) is 46.9 Å². The van der Waals surface area contributed by atoms with Crippen LogP contribution in [0.25, 0.3) is 0 Å². The van der Waals surface area contributed by atoms with Crippen LogP contribution in [-0.4, -0.2) is 62.6 Å². The second kappa shape index (κ2) is 12.1. The number of ether oxygens (including phenoxy) is 1. The Balaban J connectivity index is 1.46. The highest BCUT2D eigenvalue weighted by atomic mass is 16.5. The Morgan fingerprint density at radius 3 is 2.39 bits per heavy atom. The van der Waals surface area contributed by atoms with Gasteiger partial charge in [-0.2, -0.15) is 0 Å². The van der Waals surface area contributed by atoms with Crippen LogP contribution in [0.15, 0.2) is 66.2 Å². The fourth-order valence-electron chi connectivity index (χ4n) is 3.55. The van der Waals surface area contributed by atoms with Crippen LogP contribution in [0.5, 0.6) is 5.75 Å². The average molecular weight is 422 g/mol. The molecule has 1 heterocycles. The zero-order valence-corrected chi connectivity index (χ0v) is 18.8. The van der Waals surface area contributed by atoms with Gasteiger partial charge in [-0.15, -0.1) is 0 Å². The lowest BCUT2D eigenvalue weighted by atomic mass is 10.1. The number of nitrogens with one attached hydrogen (secondary N) is 2. The van der Waals surface area contributed by atoms with Gasteiger partial charge in [-0.1, -0.05) is 55.1 Å². The van der Waals surface area contributed by atoms with Crippen LogP contribution in [0.3, 0.4) is 0 Å². The van der Waals surface area contributed by atoms with Gasteiger partial charge in [0.1, 0.15) is 12.4 Å². The molecule has 1 aliphatic heterocycles. The number of benzene rings is 2. The predicted octanol–water partition coefficient (Wildman–Crippen LogP) is 2.86. The van der Waals surface area contributed by atoms with Crippen molar-refractivity contribution in [3.05, 3.63) is 77.9 Å². The predicted molar refractivity (Wildman–Crippen MR) is 128 cm³/mol. The average Bonchev–Trinajstić information content (AvgIpc) is 2.81. The number of aliphatic imine (C=N–C) groups is 1. The first-order valence-corrected chi connectivity index (χ1v) is 10.9. The first kappa shape index (κ1) is 22.8. The van der Waals surface area contributed by atoms with Gasteiger partial charge in [0.2, 0.25) is 0 Å². The monoisotopic (exact) mass is 421 g/mol. The number of hydrogen-bond acceptors (Lipinski definition) is 4. The molecule has 0 aliphatic carbocycles. The van der Waals surface area contributed by atoms with E-state index in [1.807, 2.05) is 18.2 Å². The van der Waals surface area contributed by atoms with Crippen LogP contribution in [0.4, 0.5) is 0 Å². The van der Waals surface area contributed by atoms with Gasteiger partial charge in [0.25, 0.3) is 0 Å². The largest absolute Gasteiger partial charge is 0.489 e. The highest BCUT2D eigenvalue weighted by Gasteiger charge is 2.13. The Morgan fingerprint density at radius 1 is 1.00 bits per heavy atom. The van der Waals surface area contributed by atoms with Crippen molar-refractivity contribution < 1.29 is 4.74 Å². The highest BCUT2D eigenvalue weighted by molar-refractivity contribution is 5.79. The number of nitrogens with zero attached hydrogens (tertiary/aromatic N) is 3. The molecule has 166 valence electrons. The molecule has 0 unspecified atom stereocenters. The van der Waals surface area contributed by atoms with E-state index in [9.17, 15) is 0 Å². The van der Waals surface area contributed by atoms with Crippen molar-refractivity contribution in [2.24, 2.45) is 4.99 Å². The Labute approximate surface area is 186 Å². The number of guanidine groups is 1. The molecule has 2 aromatic rings. The Hall–Kier alpha value is -2.83. The molecule has 1 fully saturated rings. The molecule has 0 aromatic heterocycles. The second-order valence-corrected chi connectivity index (χ2v) is 7.88. The minimum Gasteiger partial charge on any atom is -0.489 e. The van der Waals surface area contributed by atoms with Crippen LogP contribution < -0.4 is 15.4 Å². The van der Waals surface area contributed by atoms with Crippen molar-refractivity contribution in [3.8, 4) is 5.75 Å². The van der Waals surface area contributed by atoms with Crippen molar-refractivity contribution in [1.29, 1.82) is 0 Å². The minimum atomic E-state index is 0.495. The third kappa shape index (κ3) is 7.42. The van der Waals surface area contributed by atoms with Gasteiger partial charge in [0, 0.05) is 58.4 Å². The molecule has 31 heavy (non-hydrogen) atoms. The van der Waals surface area contributed by atoms with Crippen LogP contribution in [0.1, 0.15) is 16.7 Å². The molecule has 1 aliphatic rings. The standard InChI is InChI=1S/C25H35N5O/c1-4-17-31-24-8-6-5-7-23(24)19-28-25(26-2)27-18-21-9-11-22(12-10-21)20-30-15-13-29(3)14-16-30/h4-12H,1,13-20H2,2-3H3,(H2,26,27,28). The summed E-state index contributed by atoms with van der Waals surface area (Å²) in [7, 11) is 3.98. The van der Waals surface area contributed by atoms with Gasteiger partial charge in [0.05, 0.1) is 0 Å². The number of likely N-dealkylation sites (N-methyl/N-ethyl adjacent to an activating group) is 1. The van der Waals surface area contributed by atoms with E-state index < -0.39 is 0 Å². The molecule has 3 rings (SSSR count). The van der Waals surface area contributed by atoms with E-state index in [4.69, 9.17) is 4.74 Å². The fourth-order valence-corrected chi connectivity index (χ4v) is 3.55. The highest BCUT2D eigenvalue weighted by Crippen LogP contribution is 2.17. The molecular weight excluding hydrogens is 386 g/mol. The summed E-state index contributed by atoms with van der Waals surface area (Å²) in [5.74, 6) is 1.63. The lowest BCUT2D eigenvalue weighted by Crippen LogP contribution is -2.43. The molecule has 0 spiro atoms. The lowest BCUT2D eigenvalue weighted by Gasteiger charge is -2.32. The number of hydrogen-bond donors (Lipinski definition) is 2. The summed E-state index contributed by atoms with van der Waals surface area (Å²) in [6.07, 6.45) is 1.75. The smallest absolute Gasteiger partial charge is 0.191 e. The first-order chi connectivity index (χ1) is 15.2. The summed E-state index contributed by atoms with van der Waals surface area (Å²) >= 11 is 0. The molecule has 0 atom stereocenters. The summed E-state index contributed by atoms with van der Waals surface area (Å²) < 4.78 is 5.73. The molecule has 2 aromatic carbocycles. The van der Waals surface area contributed by atoms with Gasteiger partial charge >= 0.3 is 0 Å². The molecule has 0 radical (unpaired) electrons. The quantitative estimate of drug-likeness (QED) is 0.370. The van der Waals surface area contributed by atoms with Gasteiger partial charge in [-0.25, -0.2) is 0 Å². The first-order valence-electron chi connectivity index (χ1n) is 10.9. The summed E-state index contributed by atoms with van der Waals surface area (Å²) in [6.45, 7) is 11.2. The maximum absolute atomic E-state index is 5.73. The van der Waals surface area contributed by atoms with Crippen LogP contribution in [0.2, 0.25) is 0 Å². The summed E-state index contributed by atoms with van der Waals surface area (Å²) in [6, 6.07) is 16.9. The van der Waals surface area contributed by atoms with E-state index in [1.165, 1.54) is 11.1 Å².